The number of thioether (sulfide) groups is 1. The molecule has 0 radical (unpaired) electrons. The first kappa shape index (κ1) is 23.5. The van der Waals surface area contributed by atoms with Gasteiger partial charge in [0.05, 0.1) is 18.4 Å². The molecule has 1 fully saturated rings. The summed E-state index contributed by atoms with van der Waals surface area (Å²) in [6, 6.07) is 0. The van der Waals surface area contributed by atoms with Crippen LogP contribution < -0.4 is 10.1 Å². The fraction of sp³-hybridized carbons (Fsp3) is 0.565. The number of esters is 2. The SMILES string of the molecule is CNc1c(C/C=C(\C)CCC(=O)OCCN2CCSC2)c(OC)c(C)c2c1C(=O)OC2. The first-order valence-electron chi connectivity index (χ1n) is 10.6. The van der Waals surface area contributed by atoms with Crippen LogP contribution in [-0.4, -0.2) is 62.3 Å². The second-order valence-electron chi connectivity index (χ2n) is 7.82. The molecule has 0 amide bonds. The van der Waals surface area contributed by atoms with Gasteiger partial charge >= 0.3 is 11.9 Å². The number of anilines is 1. The van der Waals surface area contributed by atoms with Crippen molar-refractivity contribution < 1.29 is 23.8 Å². The minimum absolute atomic E-state index is 0.163. The molecule has 0 aromatic heterocycles. The van der Waals surface area contributed by atoms with Crippen molar-refractivity contribution in [1.29, 1.82) is 0 Å². The average molecular weight is 449 g/mol. The molecule has 1 aromatic rings. The van der Waals surface area contributed by atoms with Gasteiger partial charge in [0.15, 0.2) is 0 Å². The molecule has 1 aromatic carbocycles. The van der Waals surface area contributed by atoms with E-state index < -0.39 is 0 Å². The molecule has 0 spiro atoms. The maximum Gasteiger partial charge on any atom is 0.341 e. The van der Waals surface area contributed by atoms with E-state index in [1.54, 1.807) is 14.2 Å². The van der Waals surface area contributed by atoms with Gasteiger partial charge in [-0.25, -0.2) is 4.79 Å². The number of ether oxygens (including phenoxy) is 3. The van der Waals surface area contributed by atoms with Crippen LogP contribution in [0.25, 0.3) is 0 Å². The predicted molar refractivity (Wildman–Crippen MR) is 123 cm³/mol. The number of rotatable bonds is 10. The molecule has 170 valence electrons. The molecule has 2 aliphatic rings. The minimum Gasteiger partial charge on any atom is -0.496 e. The first-order valence-corrected chi connectivity index (χ1v) is 11.8. The Labute approximate surface area is 188 Å². The van der Waals surface area contributed by atoms with Crippen molar-refractivity contribution in [2.45, 2.75) is 39.7 Å². The highest BCUT2D eigenvalue weighted by Crippen LogP contribution is 2.41. The Kier molecular flexibility index (Phi) is 8.26. The van der Waals surface area contributed by atoms with Crippen LogP contribution >= 0.6 is 11.8 Å². The Morgan fingerprint density at radius 1 is 1.35 bits per heavy atom. The summed E-state index contributed by atoms with van der Waals surface area (Å²) in [6.07, 6.45) is 3.68. The molecule has 7 nitrogen and oxygen atoms in total. The second kappa shape index (κ2) is 10.9. The van der Waals surface area contributed by atoms with Crippen LogP contribution in [0.5, 0.6) is 5.75 Å². The van der Waals surface area contributed by atoms with Gasteiger partial charge in [0.25, 0.3) is 0 Å². The summed E-state index contributed by atoms with van der Waals surface area (Å²) < 4.78 is 16.3. The molecule has 31 heavy (non-hydrogen) atoms. The lowest BCUT2D eigenvalue weighted by Gasteiger charge is -2.19. The Morgan fingerprint density at radius 2 is 2.16 bits per heavy atom. The second-order valence-corrected chi connectivity index (χ2v) is 8.90. The average Bonchev–Trinajstić information content (AvgIpc) is 3.41. The zero-order valence-corrected chi connectivity index (χ0v) is 19.7. The van der Waals surface area contributed by atoms with Crippen LogP contribution in [0.15, 0.2) is 11.6 Å². The summed E-state index contributed by atoms with van der Waals surface area (Å²) in [6.45, 7) is 6.57. The first-order chi connectivity index (χ1) is 15.0. The van der Waals surface area contributed by atoms with Gasteiger partial charge < -0.3 is 19.5 Å². The maximum atomic E-state index is 12.3. The zero-order valence-electron chi connectivity index (χ0n) is 18.8. The van der Waals surface area contributed by atoms with E-state index in [2.05, 4.69) is 16.3 Å². The van der Waals surface area contributed by atoms with E-state index in [9.17, 15) is 9.59 Å². The highest BCUT2D eigenvalue weighted by molar-refractivity contribution is 7.99. The third-order valence-corrected chi connectivity index (χ3v) is 6.82. The molecule has 0 saturated carbocycles. The predicted octanol–water partition coefficient (Wildman–Crippen LogP) is 3.53. The highest BCUT2D eigenvalue weighted by atomic mass is 32.2. The van der Waals surface area contributed by atoms with E-state index in [0.29, 0.717) is 31.4 Å². The molecule has 2 aliphatic heterocycles. The number of carbonyl (C=O) groups is 2. The maximum absolute atomic E-state index is 12.3. The molecule has 0 aliphatic carbocycles. The van der Waals surface area contributed by atoms with Gasteiger partial charge in [0.1, 0.15) is 19.0 Å². The third-order valence-electron chi connectivity index (χ3n) is 5.80. The van der Waals surface area contributed by atoms with E-state index in [1.165, 1.54) is 0 Å². The molecule has 0 atom stereocenters. The Balaban J connectivity index is 1.60. The number of allylic oxidation sites excluding steroid dienone is 2. The van der Waals surface area contributed by atoms with Crippen LogP contribution in [-0.2, 0) is 27.3 Å². The van der Waals surface area contributed by atoms with Crippen LogP contribution in [0.3, 0.4) is 0 Å². The van der Waals surface area contributed by atoms with Gasteiger partial charge in [-0.3, -0.25) is 9.69 Å². The van der Waals surface area contributed by atoms with Crippen molar-refractivity contribution in [1.82, 2.24) is 4.90 Å². The van der Waals surface area contributed by atoms with Crippen molar-refractivity contribution in [2.24, 2.45) is 0 Å². The van der Waals surface area contributed by atoms with Gasteiger partial charge in [-0.1, -0.05) is 11.6 Å². The molecule has 1 saturated heterocycles. The standard InChI is InChI=1S/C23H32N2O5S/c1-15(6-8-19(26)29-11-9-25-10-12-31-14-25)5-7-17-21(24-3)20-18(13-30-23(20)27)16(2)22(17)28-4/h5,24H,6-14H2,1-4H3/b15-5+. The van der Waals surface area contributed by atoms with Gasteiger partial charge in [-0.05, 0) is 32.3 Å². The third kappa shape index (κ3) is 5.54. The van der Waals surface area contributed by atoms with Crippen LogP contribution in [0.4, 0.5) is 5.69 Å². The fourth-order valence-corrected chi connectivity index (χ4v) is 5.03. The Bertz CT molecular complexity index is 862. The number of carbonyl (C=O) groups excluding carboxylic acids is 2. The summed E-state index contributed by atoms with van der Waals surface area (Å²) >= 11 is 1.91. The number of nitrogens with zero attached hydrogens (tertiary/aromatic N) is 1. The molecule has 2 heterocycles. The van der Waals surface area contributed by atoms with Crippen molar-refractivity contribution in [3.8, 4) is 5.75 Å². The van der Waals surface area contributed by atoms with Crippen LogP contribution in [0, 0.1) is 6.92 Å². The quantitative estimate of drug-likeness (QED) is 0.430. The Hall–Kier alpha value is -2.19. The van der Waals surface area contributed by atoms with E-state index in [-0.39, 0.29) is 18.5 Å². The normalized spacial score (nSPS) is 16.3. The number of hydrogen-bond donors (Lipinski definition) is 1. The smallest absolute Gasteiger partial charge is 0.341 e. The van der Waals surface area contributed by atoms with Crippen molar-refractivity contribution in [3.05, 3.63) is 33.9 Å². The van der Waals surface area contributed by atoms with Crippen LogP contribution in [0.1, 0.15) is 46.8 Å². The minimum atomic E-state index is -0.303. The molecule has 1 N–H and O–H groups in total. The lowest BCUT2D eigenvalue weighted by Crippen LogP contribution is -2.25. The number of cyclic esters (lactones) is 1. The van der Waals surface area contributed by atoms with E-state index in [0.717, 1.165) is 58.4 Å². The van der Waals surface area contributed by atoms with E-state index in [1.807, 2.05) is 25.6 Å². The summed E-state index contributed by atoms with van der Waals surface area (Å²) in [4.78, 5) is 26.6. The molecule has 0 unspecified atom stereocenters. The van der Waals surface area contributed by atoms with Crippen molar-refractivity contribution >= 4 is 29.4 Å². The molecule has 0 bridgehead atoms. The fourth-order valence-electron chi connectivity index (χ4n) is 4.00. The number of benzene rings is 1. The largest absolute Gasteiger partial charge is 0.496 e. The van der Waals surface area contributed by atoms with Gasteiger partial charge in [-0.2, -0.15) is 0 Å². The van der Waals surface area contributed by atoms with Gasteiger partial charge in [0.2, 0.25) is 0 Å². The summed E-state index contributed by atoms with van der Waals surface area (Å²) in [5.74, 6) is 2.48. The van der Waals surface area contributed by atoms with E-state index >= 15 is 0 Å². The molecular formula is C23H32N2O5S. The molecule has 8 heteroatoms. The summed E-state index contributed by atoms with van der Waals surface area (Å²) in [7, 11) is 3.44. The number of hydrogen-bond acceptors (Lipinski definition) is 8. The lowest BCUT2D eigenvalue weighted by atomic mass is 9.93. The molecule has 3 rings (SSSR count). The topological polar surface area (TPSA) is 77.1 Å². The van der Waals surface area contributed by atoms with Gasteiger partial charge in [0, 0.05) is 49.3 Å². The van der Waals surface area contributed by atoms with Crippen molar-refractivity contribution in [3.63, 3.8) is 0 Å². The summed E-state index contributed by atoms with van der Waals surface area (Å²) in [5, 5.41) is 3.16. The Morgan fingerprint density at radius 3 is 2.84 bits per heavy atom. The lowest BCUT2D eigenvalue weighted by molar-refractivity contribution is -0.143. The van der Waals surface area contributed by atoms with Crippen LogP contribution in [0.2, 0.25) is 0 Å². The van der Waals surface area contributed by atoms with E-state index in [4.69, 9.17) is 14.2 Å². The highest BCUT2D eigenvalue weighted by Gasteiger charge is 2.31. The zero-order chi connectivity index (χ0) is 22.4. The van der Waals surface area contributed by atoms with Gasteiger partial charge in [-0.15, -0.1) is 11.8 Å². The number of fused-ring (bicyclic) bond motifs is 1. The summed E-state index contributed by atoms with van der Waals surface area (Å²) in [5.41, 5.74) is 5.18. The van der Waals surface area contributed by atoms with Crippen molar-refractivity contribution in [2.75, 3.05) is 50.8 Å². The molecular weight excluding hydrogens is 416 g/mol. The monoisotopic (exact) mass is 448 g/mol. The number of nitrogens with one attached hydrogen (secondary N) is 1. The number of methoxy groups -OCH3 is 1.